The number of nitrogens with zero attached hydrogens (tertiary/aromatic N) is 1. The molecule has 1 aromatic heterocycles. The summed E-state index contributed by atoms with van der Waals surface area (Å²) in [5.74, 6) is 0.828. The van der Waals surface area contributed by atoms with Gasteiger partial charge in [-0.15, -0.1) is 0 Å². The van der Waals surface area contributed by atoms with Crippen molar-refractivity contribution >= 4 is 21.7 Å². The Morgan fingerprint density at radius 1 is 1.03 bits per heavy atom. The summed E-state index contributed by atoms with van der Waals surface area (Å²) in [6.07, 6.45) is 1.73. The molecule has 146 valence electrons. The molecule has 1 heterocycles. The Bertz CT molecular complexity index is 1210. The highest BCUT2D eigenvalue weighted by atomic mass is 16.5. The number of rotatable bonds is 7. The van der Waals surface area contributed by atoms with Crippen LogP contribution in [0.5, 0.6) is 5.75 Å². The summed E-state index contributed by atoms with van der Waals surface area (Å²) in [6.45, 7) is 5.56. The van der Waals surface area contributed by atoms with Crippen LogP contribution < -0.4 is 10.4 Å². The van der Waals surface area contributed by atoms with Crippen molar-refractivity contribution in [2.75, 3.05) is 13.7 Å². The molecule has 0 fully saturated rings. The molecule has 29 heavy (non-hydrogen) atoms. The SMILES string of the molecule is C=CCOc1ccc(CN(C)Cc2cc(=O)oc3ccc4ccccc4c23)cc1. The molecular weight excluding hydrogens is 362 g/mol. The molecular formula is C25H23NO3. The second kappa shape index (κ2) is 8.33. The maximum Gasteiger partial charge on any atom is 0.336 e. The van der Waals surface area contributed by atoms with Crippen LogP contribution in [0.3, 0.4) is 0 Å². The van der Waals surface area contributed by atoms with Crippen LogP contribution in [-0.4, -0.2) is 18.6 Å². The van der Waals surface area contributed by atoms with Crippen molar-refractivity contribution in [3.8, 4) is 5.75 Å². The average molecular weight is 385 g/mol. The Hall–Kier alpha value is -3.37. The van der Waals surface area contributed by atoms with E-state index >= 15 is 0 Å². The number of benzene rings is 3. The zero-order valence-corrected chi connectivity index (χ0v) is 16.4. The average Bonchev–Trinajstić information content (AvgIpc) is 2.72. The fraction of sp³-hybridized carbons (Fsp3) is 0.160. The van der Waals surface area contributed by atoms with E-state index in [0.29, 0.717) is 18.7 Å². The maximum atomic E-state index is 12.1. The molecule has 0 spiro atoms. The van der Waals surface area contributed by atoms with E-state index in [1.54, 1.807) is 12.1 Å². The largest absolute Gasteiger partial charge is 0.490 e. The summed E-state index contributed by atoms with van der Waals surface area (Å²) in [4.78, 5) is 14.3. The molecule has 4 heteroatoms. The Morgan fingerprint density at radius 2 is 1.83 bits per heavy atom. The van der Waals surface area contributed by atoms with E-state index in [-0.39, 0.29) is 5.63 Å². The van der Waals surface area contributed by atoms with Gasteiger partial charge in [0.15, 0.2) is 0 Å². The Balaban J connectivity index is 1.61. The molecule has 0 aliphatic rings. The van der Waals surface area contributed by atoms with Crippen molar-refractivity contribution in [2.24, 2.45) is 0 Å². The van der Waals surface area contributed by atoms with Crippen molar-refractivity contribution < 1.29 is 9.15 Å². The topological polar surface area (TPSA) is 42.7 Å². The summed E-state index contributed by atoms with van der Waals surface area (Å²) in [5, 5.41) is 3.23. The van der Waals surface area contributed by atoms with Crippen LogP contribution in [0.4, 0.5) is 0 Å². The van der Waals surface area contributed by atoms with Crippen LogP contribution in [0.1, 0.15) is 11.1 Å². The van der Waals surface area contributed by atoms with Crippen molar-refractivity contribution in [1.29, 1.82) is 0 Å². The predicted molar refractivity (Wildman–Crippen MR) is 117 cm³/mol. The third-order valence-electron chi connectivity index (χ3n) is 4.90. The molecule has 0 unspecified atom stereocenters. The first-order valence-electron chi connectivity index (χ1n) is 9.60. The Kier molecular flexibility index (Phi) is 5.45. The molecule has 0 N–H and O–H groups in total. The Labute approximate surface area is 169 Å². The summed E-state index contributed by atoms with van der Waals surface area (Å²) in [7, 11) is 2.05. The van der Waals surface area contributed by atoms with Gasteiger partial charge in [0.05, 0.1) is 0 Å². The van der Waals surface area contributed by atoms with Gasteiger partial charge in [-0.1, -0.05) is 55.1 Å². The van der Waals surface area contributed by atoms with E-state index in [1.807, 2.05) is 43.4 Å². The van der Waals surface area contributed by atoms with Gasteiger partial charge in [-0.05, 0) is 47.1 Å². The molecule has 0 bridgehead atoms. The zero-order chi connectivity index (χ0) is 20.2. The summed E-state index contributed by atoms with van der Waals surface area (Å²) < 4.78 is 11.0. The third-order valence-corrected chi connectivity index (χ3v) is 4.90. The van der Waals surface area contributed by atoms with E-state index in [4.69, 9.17) is 9.15 Å². The first-order valence-corrected chi connectivity index (χ1v) is 9.60. The molecule has 4 aromatic rings. The van der Waals surface area contributed by atoms with Crippen LogP contribution in [0.15, 0.2) is 88.6 Å². The summed E-state index contributed by atoms with van der Waals surface area (Å²) >= 11 is 0. The molecule has 0 aliphatic heterocycles. The molecule has 0 saturated heterocycles. The van der Waals surface area contributed by atoms with Crippen LogP contribution in [0.2, 0.25) is 0 Å². The van der Waals surface area contributed by atoms with Crippen LogP contribution >= 0.6 is 0 Å². The molecule has 4 rings (SSSR count). The van der Waals surface area contributed by atoms with E-state index in [9.17, 15) is 4.79 Å². The summed E-state index contributed by atoms with van der Waals surface area (Å²) in [5.41, 5.74) is 2.46. The van der Waals surface area contributed by atoms with Gasteiger partial charge in [-0.25, -0.2) is 4.79 Å². The molecule has 0 atom stereocenters. The molecule has 0 amide bonds. The van der Waals surface area contributed by atoms with E-state index < -0.39 is 0 Å². The Morgan fingerprint density at radius 3 is 2.62 bits per heavy atom. The molecule has 0 aliphatic carbocycles. The lowest BCUT2D eigenvalue weighted by molar-refractivity contribution is 0.319. The van der Waals surface area contributed by atoms with Crippen LogP contribution in [0.25, 0.3) is 21.7 Å². The normalized spacial score (nSPS) is 11.2. The lowest BCUT2D eigenvalue weighted by Crippen LogP contribution is -2.18. The second-order valence-electron chi connectivity index (χ2n) is 7.17. The van der Waals surface area contributed by atoms with E-state index in [1.165, 1.54) is 5.56 Å². The maximum absolute atomic E-state index is 12.1. The van der Waals surface area contributed by atoms with Gasteiger partial charge >= 0.3 is 5.63 Å². The molecule has 4 nitrogen and oxygen atoms in total. The molecule has 0 radical (unpaired) electrons. The van der Waals surface area contributed by atoms with Gasteiger partial charge in [0.2, 0.25) is 0 Å². The predicted octanol–water partition coefficient (Wildman–Crippen LogP) is 5.14. The van der Waals surface area contributed by atoms with Gasteiger partial charge < -0.3 is 9.15 Å². The number of ether oxygens (including phenoxy) is 1. The van der Waals surface area contributed by atoms with Crippen LogP contribution in [0, 0.1) is 0 Å². The fourth-order valence-electron chi connectivity index (χ4n) is 3.65. The van der Waals surface area contributed by atoms with Crippen LogP contribution in [-0.2, 0) is 13.1 Å². The minimum Gasteiger partial charge on any atom is -0.490 e. The number of hydrogen-bond donors (Lipinski definition) is 0. The smallest absolute Gasteiger partial charge is 0.336 e. The lowest BCUT2D eigenvalue weighted by Gasteiger charge is -2.18. The monoisotopic (exact) mass is 385 g/mol. The highest BCUT2D eigenvalue weighted by molar-refractivity contribution is 6.07. The molecule has 3 aromatic carbocycles. The van der Waals surface area contributed by atoms with Gasteiger partial charge in [0.25, 0.3) is 0 Å². The number of hydrogen-bond acceptors (Lipinski definition) is 4. The van der Waals surface area contributed by atoms with Gasteiger partial charge in [0, 0.05) is 24.5 Å². The standard InChI is InChI=1S/C25H23NO3/c1-3-14-28-21-11-8-18(9-12-21)16-26(2)17-20-15-24(27)29-23-13-10-19-6-4-5-7-22(19)25(20)23/h3-13,15H,1,14,16-17H2,2H3. The third kappa shape index (κ3) is 4.23. The van der Waals surface area contributed by atoms with Gasteiger partial charge in [0.1, 0.15) is 17.9 Å². The van der Waals surface area contributed by atoms with E-state index in [2.05, 4.69) is 35.7 Å². The zero-order valence-electron chi connectivity index (χ0n) is 16.4. The fourth-order valence-corrected chi connectivity index (χ4v) is 3.65. The highest BCUT2D eigenvalue weighted by Crippen LogP contribution is 2.28. The first kappa shape index (κ1) is 19.0. The minimum atomic E-state index is -0.320. The second-order valence-corrected chi connectivity index (χ2v) is 7.17. The minimum absolute atomic E-state index is 0.320. The molecule has 0 saturated carbocycles. The first-order chi connectivity index (χ1) is 14.1. The van der Waals surface area contributed by atoms with Crippen molar-refractivity contribution in [1.82, 2.24) is 4.90 Å². The quantitative estimate of drug-likeness (QED) is 0.251. The lowest BCUT2D eigenvalue weighted by atomic mass is 10.0. The van der Waals surface area contributed by atoms with Crippen molar-refractivity contribution in [3.05, 3.63) is 101 Å². The summed E-state index contributed by atoms with van der Waals surface area (Å²) in [6, 6.07) is 21.7. The van der Waals surface area contributed by atoms with Gasteiger partial charge in [-0.2, -0.15) is 0 Å². The van der Waals surface area contributed by atoms with E-state index in [0.717, 1.165) is 34.0 Å². The number of fused-ring (bicyclic) bond motifs is 3. The highest BCUT2D eigenvalue weighted by Gasteiger charge is 2.12. The van der Waals surface area contributed by atoms with Crippen molar-refractivity contribution in [2.45, 2.75) is 13.1 Å². The van der Waals surface area contributed by atoms with Gasteiger partial charge in [-0.3, -0.25) is 4.90 Å². The van der Waals surface area contributed by atoms with Crippen molar-refractivity contribution in [3.63, 3.8) is 0 Å².